The summed E-state index contributed by atoms with van der Waals surface area (Å²) >= 11 is 0. The van der Waals surface area contributed by atoms with Crippen LogP contribution in [0, 0.1) is 0 Å². The Labute approximate surface area is 382 Å². The van der Waals surface area contributed by atoms with E-state index in [2.05, 4.69) is 93.7 Å². The van der Waals surface area contributed by atoms with E-state index < -0.39 is 6.10 Å². The van der Waals surface area contributed by atoms with Crippen molar-refractivity contribution in [1.29, 1.82) is 0 Å². The Morgan fingerprint density at radius 3 is 1.05 bits per heavy atom. The molecule has 0 N–H and O–H groups in total. The van der Waals surface area contributed by atoms with E-state index in [1.807, 2.05) is 0 Å². The average Bonchev–Trinajstić information content (AvgIpc) is 3.27. The first-order valence-electron chi connectivity index (χ1n) is 25.9. The van der Waals surface area contributed by atoms with Crippen LogP contribution in [-0.2, 0) is 28.6 Å². The molecule has 0 fully saturated rings. The van der Waals surface area contributed by atoms with Crippen LogP contribution in [0.2, 0.25) is 0 Å². The van der Waals surface area contributed by atoms with Crippen molar-refractivity contribution in [3.63, 3.8) is 0 Å². The van der Waals surface area contributed by atoms with Gasteiger partial charge in [-0.1, -0.05) is 196 Å². The van der Waals surface area contributed by atoms with Crippen molar-refractivity contribution in [3.8, 4) is 0 Å². The highest BCUT2D eigenvalue weighted by Crippen LogP contribution is 2.14. The summed E-state index contributed by atoms with van der Waals surface area (Å²) in [4.78, 5) is 37.9. The Kier molecular flexibility index (Phi) is 47.9. The van der Waals surface area contributed by atoms with Crippen molar-refractivity contribution >= 4 is 17.9 Å². The van der Waals surface area contributed by atoms with E-state index in [1.165, 1.54) is 96.3 Å². The minimum Gasteiger partial charge on any atom is -0.462 e. The molecular weight excluding hydrogens is 769 g/mol. The fraction of sp³-hybridized carbons (Fsp3) is 0.732. The number of rotatable bonds is 46. The SMILES string of the molecule is CC/C=C\C/C=C\C/C=C\C/C=C\CCCCCCCCC(=O)OCC(COC(=O)CCCCCCC/C=C\CCCC)OC(=O)CCCCCCC/C=C\CCCCCCC. The van der Waals surface area contributed by atoms with Gasteiger partial charge in [0.2, 0.25) is 0 Å². The highest BCUT2D eigenvalue weighted by Gasteiger charge is 2.19. The monoisotopic (exact) mass is 865 g/mol. The topological polar surface area (TPSA) is 78.9 Å². The molecule has 0 rings (SSSR count). The molecule has 0 aliphatic heterocycles. The maximum Gasteiger partial charge on any atom is 0.306 e. The summed E-state index contributed by atoms with van der Waals surface area (Å²) in [5.74, 6) is -0.919. The van der Waals surface area contributed by atoms with E-state index in [9.17, 15) is 14.4 Å². The van der Waals surface area contributed by atoms with Crippen LogP contribution < -0.4 is 0 Å². The van der Waals surface area contributed by atoms with Crippen molar-refractivity contribution in [2.24, 2.45) is 0 Å². The van der Waals surface area contributed by atoms with Crippen LogP contribution in [0.15, 0.2) is 72.9 Å². The number of unbranched alkanes of at least 4 members (excludes halogenated alkanes) is 23. The molecule has 6 heteroatoms. The fourth-order valence-electron chi connectivity index (χ4n) is 7.00. The van der Waals surface area contributed by atoms with Gasteiger partial charge in [0, 0.05) is 19.3 Å². The van der Waals surface area contributed by atoms with Gasteiger partial charge in [0.15, 0.2) is 6.10 Å². The second-order valence-corrected chi connectivity index (χ2v) is 17.0. The molecule has 0 amide bonds. The van der Waals surface area contributed by atoms with E-state index in [0.717, 1.165) is 109 Å². The summed E-state index contributed by atoms with van der Waals surface area (Å²) in [6.45, 7) is 6.45. The number of ether oxygens (including phenoxy) is 3. The molecule has 0 heterocycles. The molecule has 0 aromatic heterocycles. The van der Waals surface area contributed by atoms with Crippen molar-refractivity contribution in [3.05, 3.63) is 72.9 Å². The lowest BCUT2D eigenvalue weighted by Crippen LogP contribution is -2.30. The Bertz CT molecular complexity index is 1180. The smallest absolute Gasteiger partial charge is 0.306 e. The van der Waals surface area contributed by atoms with Crippen LogP contribution in [-0.4, -0.2) is 37.2 Å². The first kappa shape index (κ1) is 58.9. The third-order valence-electron chi connectivity index (χ3n) is 10.9. The standard InChI is InChI=1S/C56H96O6/c1-4-7-10-13-16-19-22-24-26-27-28-29-30-32-34-37-40-43-46-49-55(58)61-52-53(51-60-54(57)48-45-42-39-36-33-21-18-15-12-9-6-3)62-56(59)50-47-44-41-38-35-31-25-23-20-17-14-11-8-5-2/h7,10,15-16,18-19,23-26,28-29,53H,4-6,8-9,11-14,17,20-22,27,30-52H2,1-3H3/b10-7-,18-15-,19-16-,25-23-,26-24-,29-28-. The molecule has 0 bridgehead atoms. The molecule has 1 unspecified atom stereocenters. The normalized spacial score (nSPS) is 12.6. The van der Waals surface area contributed by atoms with Crippen molar-refractivity contribution in [2.45, 2.75) is 252 Å². The molecule has 0 radical (unpaired) electrons. The van der Waals surface area contributed by atoms with Gasteiger partial charge in [-0.05, 0) is 103 Å². The molecule has 62 heavy (non-hydrogen) atoms. The van der Waals surface area contributed by atoms with E-state index in [0.29, 0.717) is 19.3 Å². The van der Waals surface area contributed by atoms with Crippen LogP contribution >= 0.6 is 0 Å². The predicted octanol–water partition coefficient (Wildman–Crippen LogP) is 17.0. The Morgan fingerprint density at radius 1 is 0.339 bits per heavy atom. The lowest BCUT2D eigenvalue weighted by molar-refractivity contribution is -0.167. The van der Waals surface area contributed by atoms with Gasteiger partial charge in [-0.15, -0.1) is 0 Å². The average molecular weight is 865 g/mol. The highest BCUT2D eigenvalue weighted by molar-refractivity contribution is 5.71. The number of hydrogen-bond acceptors (Lipinski definition) is 6. The summed E-state index contributed by atoms with van der Waals surface area (Å²) in [6, 6.07) is 0. The lowest BCUT2D eigenvalue weighted by atomic mass is 10.1. The van der Waals surface area contributed by atoms with Crippen LogP contribution in [0.4, 0.5) is 0 Å². The molecule has 0 aliphatic rings. The summed E-state index contributed by atoms with van der Waals surface area (Å²) in [5, 5.41) is 0. The molecule has 0 spiro atoms. The van der Waals surface area contributed by atoms with Gasteiger partial charge in [-0.25, -0.2) is 0 Å². The van der Waals surface area contributed by atoms with E-state index in [1.54, 1.807) is 0 Å². The molecule has 0 aromatic rings. The summed E-state index contributed by atoms with van der Waals surface area (Å²) in [6.07, 6.45) is 63.1. The zero-order valence-electron chi connectivity index (χ0n) is 40.6. The minimum absolute atomic E-state index is 0.0879. The van der Waals surface area contributed by atoms with Gasteiger partial charge in [0.25, 0.3) is 0 Å². The molecule has 0 aliphatic carbocycles. The van der Waals surface area contributed by atoms with Gasteiger partial charge in [0.1, 0.15) is 13.2 Å². The Balaban J connectivity index is 4.39. The van der Waals surface area contributed by atoms with E-state index >= 15 is 0 Å². The van der Waals surface area contributed by atoms with Crippen molar-refractivity contribution < 1.29 is 28.6 Å². The zero-order valence-corrected chi connectivity index (χ0v) is 40.6. The van der Waals surface area contributed by atoms with Crippen LogP contribution in [0.5, 0.6) is 0 Å². The third kappa shape index (κ3) is 47.9. The van der Waals surface area contributed by atoms with Gasteiger partial charge in [-0.3, -0.25) is 14.4 Å². The van der Waals surface area contributed by atoms with Crippen molar-refractivity contribution in [1.82, 2.24) is 0 Å². The summed E-state index contributed by atoms with van der Waals surface area (Å²) < 4.78 is 16.8. The third-order valence-corrected chi connectivity index (χ3v) is 10.9. The van der Waals surface area contributed by atoms with E-state index in [4.69, 9.17) is 14.2 Å². The molecule has 356 valence electrons. The Hall–Kier alpha value is -3.15. The first-order valence-corrected chi connectivity index (χ1v) is 25.9. The summed E-state index contributed by atoms with van der Waals surface area (Å²) in [7, 11) is 0. The largest absolute Gasteiger partial charge is 0.462 e. The van der Waals surface area contributed by atoms with Crippen LogP contribution in [0.1, 0.15) is 245 Å². The minimum atomic E-state index is -0.788. The van der Waals surface area contributed by atoms with Crippen LogP contribution in [0.3, 0.4) is 0 Å². The van der Waals surface area contributed by atoms with E-state index in [-0.39, 0.29) is 31.1 Å². The van der Waals surface area contributed by atoms with Crippen LogP contribution in [0.25, 0.3) is 0 Å². The first-order chi connectivity index (χ1) is 30.5. The molecule has 0 saturated heterocycles. The second kappa shape index (κ2) is 50.5. The highest BCUT2D eigenvalue weighted by atomic mass is 16.6. The molecule has 0 saturated carbocycles. The summed E-state index contributed by atoms with van der Waals surface area (Å²) in [5.41, 5.74) is 0. The quantitative estimate of drug-likeness (QED) is 0.0262. The number of esters is 3. The van der Waals surface area contributed by atoms with Gasteiger partial charge < -0.3 is 14.2 Å². The maximum atomic E-state index is 12.8. The number of hydrogen-bond donors (Lipinski definition) is 0. The predicted molar refractivity (Wildman–Crippen MR) is 265 cm³/mol. The zero-order chi connectivity index (χ0) is 45.1. The van der Waals surface area contributed by atoms with Gasteiger partial charge in [-0.2, -0.15) is 0 Å². The van der Waals surface area contributed by atoms with Gasteiger partial charge >= 0.3 is 17.9 Å². The second-order valence-electron chi connectivity index (χ2n) is 17.0. The lowest BCUT2D eigenvalue weighted by Gasteiger charge is -2.18. The number of carbonyl (C=O) groups excluding carboxylic acids is 3. The van der Waals surface area contributed by atoms with Crippen molar-refractivity contribution in [2.75, 3.05) is 13.2 Å². The molecule has 1 atom stereocenters. The number of carbonyl (C=O) groups is 3. The molecule has 6 nitrogen and oxygen atoms in total. The molecular formula is C56H96O6. The van der Waals surface area contributed by atoms with Gasteiger partial charge in [0.05, 0.1) is 0 Å². The fourth-order valence-corrected chi connectivity index (χ4v) is 7.00. The molecule has 0 aromatic carbocycles. The Morgan fingerprint density at radius 2 is 0.645 bits per heavy atom. The number of allylic oxidation sites excluding steroid dienone is 12. The maximum absolute atomic E-state index is 12.8.